The Morgan fingerprint density at radius 3 is 2.86 bits per heavy atom. The fraction of sp³-hybridized carbons (Fsp3) is 0.118. The highest BCUT2D eigenvalue weighted by Crippen LogP contribution is 2.09. The molecular formula is C17H15N2O2+. The summed E-state index contributed by atoms with van der Waals surface area (Å²) in [5.74, 6) is -0.326. The Bertz CT molecular complexity index is 799. The molecule has 0 unspecified atom stereocenters. The Hall–Kier alpha value is -2.75. The molecule has 21 heavy (non-hydrogen) atoms. The molecular weight excluding hydrogens is 264 g/mol. The summed E-state index contributed by atoms with van der Waals surface area (Å²) in [7, 11) is 1.38. The van der Waals surface area contributed by atoms with Crippen molar-refractivity contribution in [1.29, 1.82) is 0 Å². The molecule has 0 atom stereocenters. The fourth-order valence-electron chi connectivity index (χ4n) is 2.25. The zero-order chi connectivity index (χ0) is 14.7. The van der Waals surface area contributed by atoms with Gasteiger partial charge in [-0.3, -0.25) is 0 Å². The van der Waals surface area contributed by atoms with Crippen LogP contribution >= 0.6 is 0 Å². The van der Waals surface area contributed by atoms with Crippen molar-refractivity contribution in [3.63, 3.8) is 0 Å². The number of ether oxygens (including phenoxy) is 1. The van der Waals surface area contributed by atoms with E-state index in [0.717, 1.165) is 16.5 Å². The van der Waals surface area contributed by atoms with Gasteiger partial charge < -0.3 is 4.74 Å². The van der Waals surface area contributed by atoms with Gasteiger partial charge in [-0.15, -0.1) is 0 Å². The number of nitrogens with zero attached hydrogens (tertiary/aromatic N) is 2. The molecule has 0 aliphatic rings. The Morgan fingerprint density at radius 1 is 1.14 bits per heavy atom. The maximum absolute atomic E-state index is 11.5. The van der Waals surface area contributed by atoms with Gasteiger partial charge in [0.15, 0.2) is 12.7 Å². The smallest absolute Gasteiger partial charge is 0.337 e. The van der Waals surface area contributed by atoms with E-state index in [1.54, 1.807) is 6.07 Å². The van der Waals surface area contributed by atoms with Gasteiger partial charge >= 0.3 is 5.97 Å². The summed E-state index contributed by atoms with van der Waals surface area (Å²) >= 11 is 0. The molecule has 0 N–H and O–H groups in total. The van der Waals surface area contributed by atoms with Crippen LogP contribution in [0.2, 0.25) is 0 Å². The molecule has 0 spiro atoms. The monoisotopic (exact) mass is 279 g/mol. The molecule has 0 saturated heterocycles. The molecule has 2 aromatic carbocycles. The van der Waals surface area contributed by atoms with E-state index >= 15 is 0 Å². The van der Waals surface area contributed by atoms with E-state index in [1.165, 1.54) is 7.11 Å². The second kappa shape index (κ2) is 5.71. The third-order valence-electron chi connectivity index (χ3n) is 3.29. The van der Waals surface area contributed by atoms with Crippen molar-refractivity contribution in [2.75, 3.05) is 7.11 Å². The van der Waals surface area contributed by atoms with E-state index in [1.807, 2.05) is 59.4 Å². The van der Waals surface area contributed by atoms with Gasteiger partial charge in [0.05, 0.1) is 12.7 Å². The van der Waals surface area contributed by atoms with Gasteiger partial charge in [0, 0.05) is 22.1 Å². The number of rotatable bonds is 3. The number of carbonyl (C=O) groups excluding carboxylic acids is 1. The summed E-state index contributed by atoms with van der Waals surface area (Å²) in [4.78, 5) is 11.5. The van der Waals surface area contributed by atoms with Crippen LogP contribution in [0.25, 0.3) is 10.9 Å². The van der Waals surface area contributed by atoms with Crippen molar-refractivity contribution in [2.24, 2.45) is 0 Å². The van der Waals surface area contributed by atoms with E-state index in [0.29, 0.717) is 12.1 Å². The number of hydrogen-bond donors (Lipinski definition) is 0. The van der Waals surface area contributed by atoms with Gasteiger partial charge in [-0.05, 0) is 18.2 Å². The van der Waals surface area contributed by atoms with Crippen molar-refractivity contribution in [3.8, 4) is 0 Å². The minimum absolute atomic E-state index is 0.326. The van der Waals surface area contributed by atoms with Crippen LogP contribution in [0.3, 0.4) is 0 Å². The van der Waals surface area contributed by atoms with E-state index in [9.17, 15) is 4.79 Å². The quantitative estimate of drug-likeness (QED) is 0.546. The lowest BCUT2D eigenvalue weighted by Gasteiger charge is -2.01. The number of aromatic nitrogens is 2. The first kappa shape index (κ1) is 13.2. The first-order chi connectivity index (χ1) is 10.3. The second-order valence-electron chi connectivity index (χ2n) is 4.76. The van der Waals surface area contributed by atoms with Crippen molar-refractivity contribution < 1.29 is 14.2 Å². The molecule has 0 aliphatic heterocycles. The topological polar surface area (TPSA) is 43.1 Å². The van der Waals surface area contributed by atoms with Crippen molar-refractivity contribution >= 4 is 16.9 Å². The van der Waals surface area contributed by atoms with Crippen LogP contribution in [0.1, 0.15) is 15.9 Å². The highest BCUT2D eigenvalue weighted by molar-refractivity contribution is 5.89. The summed E-state index contributed by atoms with van der Waals surface area (Å²) in [6, 6.07) is 17.4. The first-order valence-electron chi connectivity index (χ1n) is 6.69. The fourth-order valence-corrected chi connectivity index (χ4v) is 2.25. The van der Waals surface area contributed by atoms with Gasteiger partial charge in [-0.25, -0.2) is 4.79 Å². The first-order valence-corrected chi connectivity index (χ1v) is 6.69. The molecule has 4 heteroatoms. The highest BCUT2D eigenvalue weighted by atomic mass is 16.5. The van der Waals surface area contributed by atoms with Crippen molar-refractivity contribution in [2.45, 2.75) is 6.54 Å². The summed E-state index contributed by atoms with van der Waals surface area (Å²) < 4.78 is 6.60. The lowest BCUT2D eigenvalue weighted by molar-refractivity contribution is -0.743. The van der Waals surface area contributed by atoms with E-state index < -0.39 is 0 Å². The molecule has 0 amide bonds. The zero-order valence-corrected chi connectivity index (χ0v) is 11.7. The molecule has 0 fully saturated rings. The maximum Gasteiger partial charge on any atom is 0.337 e. The molecule has 0 aliphatic carbocycles. The van der Waals surface area contributed by atoms with Crippen LogP contribution in [0.5, 0.6) is 0 Å². The minimum Gasteiger partial charge on any atom is -0.465 e. The van der Waals surface area contributed by atoms with Crippen LogP contribution in [0.4, 0.5) is 0 Å². The number of carbonyl (C=O) groups is 1. The Labute approximate surface area is 122 Å². The number of benzene rings is 2. The number of esters is 1. The molecule has 1 aromatic heterocycles. The van der Waals surface area contributed by atoms with Gasteiger partial charge in [0.1, 0.15) is 5.52 Å². The summed E-state index contributed by atoms with van der Waals surface area (Å²) in [6.45, 7) is 0.607. The molecule has 1 heterocycles. The molecule has 3 rings (SSSR count). The highest BCUT2D eigenvalue weighted by Gasteiger charge is 2.10. The van der Waals surface area contributed by atoms with Crippen molar-refractivity contribution in [3.05, 3.63) is 71.9 Å². The largest absolute Gasteiger partial charge is 0.465 e. The summed E-state index contributed by atoms with van der Waals surface area (Å²) in [5.41, 5.74) is 2.51. The third-order valence-corrected chi connectivity index (χ3v) is 3.29. The normalized spacial score (nSPS) is 10.5. The lowest BCUT2D eigenvalue weighted by Crippen LogP contribution is -2.38. The van der Waals surface area contributed by atoms with Gasteiger partial charge in [0.25, 0.3) is 0 Å². The number of hydrogen-bond acceptors (Lipinski definition) is 3. The second-order valence-corrected chi connectivity index (χ2v) is 4.76. The average Bonchev–Trinajstić information content (AvgIpc) is 2.54. The molecule has 0 saturated carbocycles. The molecule has 104 valence electrons. The predicted molar refractivity (Wildman–Crippen MR) is 78.8 cm³/mol. The van der Waals surface area contributed by atoms with E-state index in [-0.39, 0.29) is 5.97 Å². The summed E-state index contributed by atoms with van der Waals surface area (Å²) in [6.07, 6.45) is 1.94. The Balaban J connectivity index is 1.89. The van der Waals surface area contributed by atoms with E-state index in [4.69, 9.17) is 4.74 Å². The Morgan fingerprint density at radius 2 is 2.00 bits per heavy atom. The third kappa shape index (κ3) is 2.89. The van der Waals surface area contributed by atoms with Crippen LogP contribution in [0.15, 0.2) is 60.8 Å². The number of methoxy groups -OCH3 is 1. The van der Waals surface area contributed by atoms with Crippen molar-refractivity contribution in [1.82, 2.24) is 5.10 Å². The summed E-state index contributed by atoms with van der Waals surface area (Å²) in [5, 5.41) is 5.67. The lowest BCUT2D eigenvalue weighted by atomic mass is 10.1. The van der Waals surface area contributed by atoms with E-state index in [2.05, 4.69) is 5.10 Å². The number of fused-ring (bicyclic) bond motifs is 1. The molecule has 3 aromatic rings. The standard InChI is InChI=1S/C17H15N2O2/c1-21-17(20)15-7-4-5-13(11-15)12-19-10-9-14-6-2-3-8-16(14)18-19/h2-11H,12H2,1H3/q+1. The van der Waals surface area contributed by atoms with Gasteiger partial charge in [0.2, 0.25) is 0 Å². The molecule has 4 nitrogen and oxygen atoms in total. The SMILES string of the molecule is COC(=O)c1cccc(C[n+]2ccc3ccccc3n2)c1. The van der Waals surface area contributed by atoms with Crippen LogP contribution in [0, 0.1) is 0 Å². The minimum atomic E-state index is -0.326. The van der Waals surface area contributed by atoms with Gasteiger partial charge in [-0.1, -0.05) is 35.0 Å². The maximum atomic E-state index is 11.5. The zero-order valence-electron chi connectivity index (χ0n) is 11.7. The average molecular weight is 279 g/mol. The van der Waals surface area contributed by atoms with Crippen LogP contribution < -0.4 is 4.68 Å². The predicted octanol–water partition coefficient (Wildman–Crippen LogP) is 2.36. The van der Waals surface area contributed by atoms with Crippen LogP contribution in [-0.2, 0) is 11.3 Å². The molecule has 0 bridgehead atoms. The Kier molecular flexibility index (Phi) is 3.60. The molecule has 0 radical (unpaired) electrons. The van der Waals surface area contributed by atoms with Gasteiger partial charge in [-0.2, -0.15) is 0 Å². The van der Waals surface area contributed by atoms with Crippen LogP contribution in [-0.4, -0.2) is 18.2 Å².